The van der Waals surface area contributed by atoms with E-state index in [4.69, 9.17) is 4.84 Å². The maximum Gasteiger partial charge on any atom is 0.417 e. The molecule has 0 unspecified atom stereocenters. The Hall–Kier alpha value is -1.28. The van der Waals surface area contributed by atoms with Crippen LogP contribution in [0.25, 0.3) is 0 Å². The van der Waals surface area contributed by atoms with Crippen molar-refractivity contribution in [3.63, 3.8) is 0 Å². The van der Waals surface area contributed by atoms with Crippen molar-refractivity contribution >= 4 is 27.6 Å². The molecular formula is C11H10BrF3N2O2. The molecule has 0 saturated carbocycles. The van der Waals surface area contributed by atoms with E-state index in [-0.39, 0.29) is 23.3 Å². The molecule has 2 amide bonds. The first-order valence-electron chi connectivity index (χ1n) is 5.35. The summed E-state index contributed by atoms with van der Waals surface area (Å²) < 4.78 is 38.3. The summed E-state index contributed by atoms with van der Waals surface area (Å²) in [4.78, 5) is 18.0. The Morgan fingerprint density at radius 3 is 2.68 bits per heavy atom. The van der Waals surface area contributed by atoms with Crippen molar-refractivity contribution in [3.8, 4) is 0 Å². The Morgan fingerprint density at radius 1 is 1.37 bits per heavy atom. The van der Waals surface area contributed by atoms with Gasteiger partial charge in [-0.15, -0.1) is 0 Å². The molecule has 4 nitrogen and oxygen atoms in total. The van der Waals surface area contributed by atoms with Crippen molar-refractivity contribution in [2.45, 2.75) is 6.18 Å². The number of carbonyl (C=O) groups excluding carboxylic acids is 1. The highest BCUT2D eigenvalue weighted by molar-refractivity contribution is 9.10. The first kappa shape index (κ1) is 14.1. The van der Waals surface area contributed by atoms with E-state index >= 15 is 0 Å². The second-order valence-corrected chi connectivity index (χ2v) is 4.78. The van der Waals surface area contributed by atoms with E-state index < -0.39 is 17.8 Å². The summed E-state index contributed by atoms with van der Waals surface area (Å²) in [6.07, 6.45) is -4.48. The highest BCUT2D eigenvalue weighted by atomic mass is 79.9. The number of hydrogen-bond acceptors (Lipinski definition) is 2. The maximum absolute atomic E-state index is 12.8. The van der Waals surface area contributed by atoms with Crippen LogP contribution < -0.4 is 4.90 Å². The topological polar surface area (TPSA) is 32.8 Å². The number of hydroxylamine groups is 2. The smallest absolute Gasteiger partial charge is 0.290 e. The molecule has 8 heteroatoms. The van der Waals surface area contributed by atoms with E-state index in [1.165, 1.54) is 24.1 Å². The molecule has 2 rings (SSSR count). The van der Waals surface area contributed by atoms with Gasteiger partial charge in [-0.3, -0.25) is 9.74 Å². The number of carbonyl (C=O) groups is 1. The minimum Gasteiger partial charge on any atom is -0.290 e. The number of alkyl halides is 3. The first-order chi connectivity index (χ1) is 8.80. The van der Waals surface area contributed by atoms with Gasteiger partial charge in [0.05, 0.1) is 18.7 Å². The Kier molecular flexibility index (Phi) is 3.73. The third-order valence-electron chi connectivity index (χ3n) is 2.67. The van der Waals surface area contributed by atoms with Gasteiger partial charge in [-0.05, 0) is 18.2 Å². The Labute approximate surface area is 115 Å². The van der Waals surface area contributed by atoms with Gasteiger partial charge >= 0.3 is 12.2 Å². The number of amides is 2. The van der Waals surface area contributed by atoms with Gasteiger partial charge in [0.1, 0.15) is 0 Å². The minimum atomic E-state index is -4.48. The van der Waals surface area contributed by atoms with Crippen molar-refractivity contribution in [1.29, 1.82) is 0 Å². The second kappa shape index (κ2) is 5.01. The SMILES string of the molecule is CN1OCCN(c2ccc(Br)c(C(F)(F)F)c2)C1=O. The fourth-order valence-electron chi connectivity index (χ4n) is 1.73. The summed E-state index contributed by atoms with van der Waals surface area (Å²) in [6, 6.07) is 3.18. The quantitative estimate of drug-likeness (QED) is 0.787. The molecule has 1 aromatic rings. The van der Waals surface area contributed by atoms with Gasteiger partial charge in [0, 0.05) is 17.2 Å². The lowest BCUT2D eigenvalue weighted by atomic mass is 10.2. The molecule has 0 aliphatic carbocycles. The van der Waals surface area contributed by atoms with Crippen molar-refractivity contribution in [2.75, 3.05) is 25.1 Å². The summed E-state index contributed by atoms with van der Waals surface area (Å²) in [5, 5.41) is 0.999. The van der Waals surface area contributed by atoms with Crippen LogP contribution in [-0.2, 0) is 11.0 Å². The minimum absolute atomic E-state index is 0.0576. The molecule has 1 fully saturated rings. The highest BCUT2D eigenvalue weighted by Gasteiger charge is 2.34. The van der Waals surface area contributed by atoms with Gasteiger partial charge in [-0.25, -0.2) is 9.86 Å². The number of rotatable bonds is 1. The van der Waals surface area contributed by atoms with Crippen LogP contribution in [0.5, 0.6) is 0 Å². The molecule has 1 heterocycles. The number of urea groups is 1. The zero-order valence-electron chi connectivity index (χ0n) is 9.87. The van der Waals surface area contributed by atoms with E-state index in [2.05, 4.69) is 15.9 Å². The van der Waals surface area contributed by atoms with Crippen LogP contribution in [0.4, 0.5) is 23.7 Å². The van der Waals surface area contributed by atoms with Crippen LogP contribution in [-0.4, -0.2) is 31.3 Å². The highest BCUT2D eigenvalue weighted by Crippen LogP contribution is 2.37. The number of benzene rings is 1. The third-order valence-corrected chi connectivity index (χ3v) is 3.36. The van der Waals surface area contributed by atoms with Gasteiger partial charge in [-0.2, -0.15) is 13.2 Å². The Morgan fingerprint density at radius 2 is 2.05 bits per heavy atom. The fraction of sp³-hybridized carbons (Fsp3) is 0.364. The van der Waals surface area contributed by atoms with Crippen molar-refractivity contribution in [2.24, 2.45) is 0 Å². The molecule has 1 aliphatic heterocycles. The van der Waals surface area contributed by atoms with Crippen molar-refractivity contribution in [3.05, 3.63) is 28.2 Å². The van der Waals surface area contributed by atoms with E-state index in [1.54, 1.807) is 0 Å². The largest absolute Gasteiger partial charge is 0.417 e. The molecule has 19 heavy (non-hydrogen) atoms. The molecule has 1 aliphatic rings. The monoisotopic (exact) mass is 338 g/mol. The average Bonchev–Trinajstić information content (AvgIpc) is 2.32. The molecule has 0 bridgehead atoms. The summed E-state index contributed by atoms with van der Waals surface area (Å²) in [6.45, 7) is 0.446. The molecule has 0 spiro atoms. The van der Waals surface area contributed by atoms with E-state index in [9.17, 15) is 18.0 Å². The van der Waals surface area contributed by atoms with Crippen LogP contribution in [0.15, 0.2) is 22.7 Å². The van der Waals surface area contributed by atoms with Crippen molar-refractivity contribution in [1.82, 2.24) is 5.06 Å². The van der Waals surface area contributed by atoms with Crippen LogP contribution in [0.2, 0.25) is 0 Å². The lowest BCUT2D eigenvalue weighted by Crippen LogP contribution is -2.48. The standard InChI is InChI=1S/C11H10BrF3N2O2/c1-16-10(18)17(4-5-19-16)7-2-3-9(12)8(6-7)11(13,14)15/h2-3,6H,4-5H2,1H3. The van der Waals surface area contributed by atoms with E-state index in [0.717, 1.165) is 11.1 Å². The summed E-state index contributed by atoms with van der Waals surface area (Å²) in [5.41, 5.74) is -0.623. The molecule has 0 N–H and O–H groups in total. The molecular weight excluding hydrogens is 329 g/mol. The van der Waals surface area contributed by atoms with Gasteiger partial charge in [-0.1, -0.05) is 15.9 Å². The predicted octanol–water partition coefficient (Wildman–Crippen LogP) is 3.27. The zero-order chi connectivity index (χ0) is 14.2. The molecule has 1 aromatic carbocycles. The molecule has 104 valence electrons. The number of hydrogen-bond donors (Lipinski definition) is 0. The van der Waals surface area contributed by atoms with Crippen LogP contribution in [0, 0.1) is 0 Å². The van der Waals surface area contributed by atoms with Crippen molar-refractivity contribution < 1.29 is 22.8 Å². The Bertz CT molecular complexity index is 507. The second-order valence-electron chi connectivity index (χ2n) is 3.93. The molecule has 0 atom stereocenters. The lowest BCUT2D eigenvalue weighted by molar-refractivity contribution is -0.138. The molecule has 1 saturated heterocycles. The van der Waals surface area contributed by atoms with Gasteiger partial charge in [0.25, 0.3) is 0 Å². The maximum atomic E-state index is 12.8. The number of nitrogens with zero attached hydrogens (tertiary/aromatic N) is 2. The van der Waals surface area contributed by atoms with Crippen LogP contribution in [0.3, 0.4) is 0 Å². The van der Waals surface area contributed by atoms with Gasteiger partial charge in [0.15, 0.2) is 0 Å². The normalized spacial score (nSPS) is 17.0. The molecule has 0 radical (unpaired) electrons. The Balaban J connectivity index is 2.38. The third kappa shape index (κ3) is 2.84. The molecule has 0 aromatic heterocycles. The number of halogens is 4. The fourth-order valence-corrected chi connectivity index (χ4v) is 2.20. The van der Waals surface area contributed by atoms with E-state index in [1.807, 2.05) is 0 Å². The summed E-state index contributed by atoms with van der Waals surface area (Å²) >= 11 is 2.86. The zero-order valence-corrected chi connectivity index (χ0v) is 11.5. The number of anilines is 1. The van der Waals surface area contributed by atoms with Gasteiger partial charge < -0.3 is 0 Å². The van der Waals surface area contributed by atoms with Crippen LogP contribution in [0.1, 0.15) is 5.56 Å². The summed E-state index contributed by atoms with van der Waals surface area (Å²) in [5.74, 6) is 0. The predicted molar refractivity (Wildman–Crippen MR) is 65.6 cm³/mol. The first-order valence-corrected chi connectivity index (χ1v) is 6.15. The van der Waals surface area contributed by atoms with Gasteiger partial charge in [0.2, 0.25) is 0 Å². The summed E-state index contributed by atoms with van der Waals surface area (Å²) in [7, 11) is 1.41. The van der Waals surface area contributed by atoms with Crippen LogP contribution >= 0.6 is 15.9 Å². The van der Waals surface area contributed by atoms with E-state index in [0.29, 0.717) is 0 Å². The average molecular weight is 339 g/mol. The lowest BCUT2D eigenvalue weighted by Gasteiger charge is -2.32.